The minimum Gasteiger partial charge on any atom is -0.351 e. The second-order valence-electron chi connectivity index (χ2n) is 3.99. The molecular weight excluding hydrogens is 230 g/mol. The van der Waals surface area contributed by atoms with Crippen LogP contribution < -0.4 is 10.6 Å². The molecule has 0 saturated carbocycles. The van der Waals surface area contributed by atoms with Crippen molar-refractivity contribution < 1.29 is 4.79 Å². The highest BCUT2D eigenvalue weighted by Gasteiger charge is 2.07. The van der Waals surface area contributed by atoms with Crippen LogP contribution in [0.1, 0.15) is 10.5 Å². The molecule has 1 aromatic rings. The van der Waals surface area contributed by atoms with Gasteiger partial charge in [-0.05, 0) is 20.2 Å². The number of rotatable bonds is 7. The van der Waals surface area contributed by atoms with E-state index in [2.05, 4.69) is 27.2 Å². The average molecular weight is 249 g/mol. The first-order chi connectivity index (χ1) is 8.63. The van der Waals surface area contributed by atoms with Gasteiger partial charge < -0.3 is 15.5 Å². The van der Waals surface area contributed by atoms with Gasteiger partial charge in [0.15, 0.2) is 0 Å². The molecule has 1 heterocycles. The monoisotopic (exact) mass is 249 g/mol. The Labute approximate surface area is 107 Å². The first-order valence-corrected chi connectivity index (χ1v) is 5.74. The zero-order chi connectivity index (χ0) is 13.4. The molecule has 0 atom stereocenters. The van der Waals surface area contributed by atoms with Gasteiger partial charge in [-0.15, -0.1) is 6.58 Å². The Hall–Kier alpha value is -1.95. The average Bonchev–Trinajstić information content (AvgIpc) is 2.36. The smallest absolute Gasteiger partial charge is 0.270 e. The van der Waals surface area contributed by atoms with E-state index in [-0.39, 0.29) is 5.91 Å². The summed E-state index contributed by atoms with van der Waals surface area (Å²) in [4.78, 5) is 21.9. The molecule has 0 unspecified atom stereocenters. The highest BCUT2D eigenvalue weighted by atomic mass is 16.1. The summed E-state index contributed by atoms with van der Waals surface area (Å²) in [5, 5.41) is 5.73. The van der Waals surface area contributed by atoms with Crippen LogP contribution >= 0.6 is 0 Å². The molecule has 0 aliphatic rings. The van der Waals surface area contributed by atoms with Gasteiger partial charge in [0, 0.05) is 25.8 Å². The summed E-state index contributed by atoms with van der Waals surface area (Å²) in [6.07, 6.45) is 3.26. The number of amides is 1. The lowest BCUT2D eigenvalue weighted by atomic mass is 10.4. The predicted octanol–water partition coefficient (Wildman–Crippen LogP) is 0.366. The van der Waals surface area contributed by atoms with Gasteiger partial charge in [0.2, 0.25) is 5.95 Å². The van der Waals surface area contributed by atoms with E-state index in [1.54, 1.807) is 18.3 Å². The first kappa shape index (κ1) is 14.1. The summed E-state index contributed by atoms with van der Waals surface area (Å²) in [6.45, 7) is 5.53. The molecule has 1 rings (SSSR count). The Morgan fingerprint density at radius 3 is 3.00 bits per heavy atom. The van der Waals surface area contributed by atoms with E-state index in [4.69, 9.17) is 0 Å². The van der Waals surface area contributed by atoms with Crippen LogP contribution in [-0.4, -0.2) is 54.5 Å². The Morgan fingerprint density at radius 1 is 1.56 bits per heavy atom. The fourth-order valence-corrected chi connectivity index (χ4v) is 1.22. The van der Waals surface area contributed by atoms with Crippen LogP contribution in [0.25, 0.3) is 0 Å². The van der Waals surface area contributed by atoms with Gasteiger partial charge in [-0.1, -0.05) is 6.08 Å². The standard InChI is InChI=1S/C12H19N5O/c1-4-6-14-12-15-7-5-10(16-12)11(18)13-8-9-17(2)3/h4-5,7H,1,6,8-9H2,2-3H3,(H,13,18)(H,14,15,16). The number of hydrogen-bond donors (Lipinski definition) is 2. The molecular formula is C12H19N5O. The number of carbonyl (C=O) groups excluding carboxylic acids is 1. The van der Waals surface area contributed by atoms with E-state index in [0.29, 0.717) is 24.7 Å². The number of anilines is 1. The van der Waals surface area contributed by atoms with E-state index < -0.39 is 0 Å². The van der Waals surface area contributed by atoms with E-state index in [0.717, 1.165) is 6.54 Å². The van der Waals surface area contributed by atoms with Gasteiger partial charge in [0.25, 0.3) is 5.91 Å². The van der Waals surface area contributed by atoms with E-state index in [9.17, 15) is 4.79 Å². The van der Waals surface area contributed by atoms with Crippen molar-refractivity contribution in [1.29, 1.82) is 0 Å². The van der Waals surface area contributed by atoms with Crippen LogP contribution in [0.5, 0.6) is 0 Å². The molecule has 6 heteroatoms. The van der Waals surface area contributed by atoms with Crippen molar-refractivity contribution in [3.05, 3.63) is 30.6 Å². The second kappa shape index (κ2) is 7.39. The molecule has 1 aromatic heterocycles. The molecule has 0 fully saturated rings. The lowest BCUT2D eigenvalue weighted by Crippen LogP contribution is -2.31. The van der Waals surface area contributed by atoms with Crippen LogP contribution in [-0.2, 0) is 0 Å². The molecule has 6 nitrogen and oxygen atoms in total. The van der Waals surface area contributed by atoms with Crippen molar-refractivity contribution in [2.24, 2.45) is 0 Å². The van der Waals surface area contributed by atoms with Gasteiger partial charge in [-0.3, -0.25) is 4.79 Å². The van der Waals surface area contributed by atoms with Crippen LogP contribution in [0, 0.1) is 0 Å². The maximum Gasteiger partial charge on any atom is 0.270 e. The molecule has 0 spiro atoms. The Kier molecular flexibility index (Phi) is 5.79. The maximum atomic E-state index is 11.8. The third-order valence-corrected chi connectivity index (χ3v) is 2.14. The van der Waals surface area contributed by atoms with Gasteiger partial charge in [0.1, 0.15) is 5.69 Å². The number of nitrogens with one attached hydrogen (secondary N) is 2. The molecule has 0 aliphatic heterocycles. The van der Waals surface area contributed by atoms with Crippen LogP contribution in [0.15, 0.2) is 24.9 Å². The van der Waals surface area contributed by atoms with Crippen molar-refractivity contribution >= 4 is 11.9 Å². The molecule has 98 valence electrons. The number of hydrogen-bond acceptors (Lipinski definition) is 5. The lowest BCUT2D eigenvalue weighted by molar-refractivity contribution is 0.0946. The SMILES string of the molecule is C=CCNc1nccc(C(=O)NCCN(C)C)n1. The minimum absolute atomic E-state index is 0.194. The lowest BCUT2D eigenvalue weighted by Gasteiger charge is -2.10. The first-order valence-electron chi connectivity index (χ1n) is 5.74. The quantitative estimate of drug-likeness (QED) is 0.683. The van der Waals surface area contributed by atoms with Crippen LogP contribution in [0.3, 0.4) is 0 Å². The fourth-order valence-electron chi connectivity index (χ4n) is 1.22. The number of nitrogens with zero attached hydrogens (tertiary/aromatic N) is 3. The fraction of sp³-hybridized carbons (Fsp3) is 0.417. The van der Waals surface area contributed by atoms with Gasteiger partial charge in [-0.25, -0.2) is 9.97 Å². The van der Waals surface area contributed by atoms with Gasteiger partial charge in [0.05, 0.1) is 0 Å². The van der Waals surface area contributed by atoms with Gasteiger partial charge >= 0.3 is 0 Å². The third kappa shape index (κ3) is 4.92. The van der Waals surface area contributed by atoms with Crippen molar-refractivity contribution in [2.75, 3.05) is 39.0 Å². The highest BCUT2D eigenvalue weighted by molar-refractivity contribution is 5.92. The van der Waals surface area contributed by atoms with Crippen molar-refractivity contribution in [3.63, 3.8) is 0 Å². The zero-order valence-corrected chi connectivity index (χ0v) is 10.8. The molecule has 1 amide bonds. The minimum atomic E-state index is -0.194. The molecule has 0 bridgehead atoms. The third-order valence-electron chi connectivity index (χ3n) is 2.14. The predicted molar refractivity (Wildman–Crippen MR) is 71.6 cm³/mol. The molecule has 0 aliphatic carbocycles. The Morgan fingerprint density at radius 2 is 2.33 bits per heavy atom. The topological polar surface area (TPSA) is 70.2 Å². The summed E-state index contributed by atoms with van der Waals surface area (Å²) in [5.74, 6) is 0.232. The summed E-state index contributed by atoms with van der Waals surface area (Å²) in [5.41, 5.74) is 0.357. The molecule has 2 N–H and O–H groups in total. The molecule has 0 aromatic carbocycles. The summed E-state index contributed by atoms with van der Waals surface area (Å²) < 4.78 is 0. The Bertz CT molecular complexity index is 405. The number of aromatic nitrogens is 2. The zero-order valence-electron chi connectivity index (χ0n) is 10.8. The second-order valence-corrected chi connectivity index (χ2v) is 3.99. The van der Waals surface area contributed by atoms with Crippen molar-refractivity contribution in [3.8, 4) is 0 Å². The molecule has 0 radical (unpaired) electrons. The summed E-state index contributed by atoms with van der Waals surface area (Å²) in [6, 6.07) is 1.59. The van der Waals surface area contributed by atoms with Crippen molar-refractivity contribution in [1.82, 2.24) is 20.2 Å². The normalized spacial score (nSPS) is 10.2. The number of likely N-dealkylation sites (N-methyl/N-ethyl adjacent to an activating group) is 1. The summed E-state index contributed by atoms with van der Waals surface area (Å²) >= 11 is 0. The molecule has 0 saturated heterocycles. The van der Waals surface area contributed by atoms with Crippen LogP contribution in [0.2, 0.25) is 0 Å². The van der Waals surface area contributed by atoms with E-state index in [1.807, 2.05) is 19.0 Å². The highest BCUT2D eigenvalue weighted by Crippen LogP contribution is 2.00. The number of carbonyl (C=O) groups is 1. The Balaban J connectivity index is 2.54. The maximum absolute atomic E-state index is 11.8. The van der Waals surface area contributed by atoms with Gasteiger partial charge in [-0.2, -0.15) is 0 Å². The largest absolute Gasteiger partial charge is 0.351 e. The van der Waals surface area contributed by atoms with Crippen molar-refractivity contribution in [2.45, 2.75) is 0 Å². The summed E-state index contributed by atoms with van der Waals surface area (Å²) in [7, 11) is 3.91. The van der Waals surface area contributed by atoms with E-state index >= 15 is 0 Å². The van der Waals surface area contributed by atoms with Crippen LogP contribution in [0.4, 0.5) is 5.95 Å². The molecule has 18 heavy (non-hydrogen) atoms. The van der Waals surface area contributed by atoms with E-state index in [1.165, 1.54) is 0 Å².